The Morgan fingerprint density at radius 3 is 2.65 bits per heavy atom. The van der Waals surface area contributed by atoms with Crippen LogP contribution in [-0.4, -0.2) is 41.3 Å². The summed E-state index contributed by atoms with van der Waals surface area (Å²) in [6, 6.07) is 0.252. The van der Waals surface area contributed by atoms with E-state index < -0.39 is 0 Å². The van der Waals surface area contributed by atoms with E-state index in [0.29, 0.717) is 31.6 Å². The maximum Gasteiger partial charge on any atom is 0.323 e. The highest BCUT2D eigenvalue weighted by atomic mass is 16.5. The van der Waals surface area contributed by atoms with Crippen LogP contribution in [-0.2, 0) is 4.74 Å². The molecule has 3 N–H and O–H groups in total. The zero-order valence-electron chi connectivity index (χ0n) is 12.6. The van der Waals surface area contributed by atoms with Crippen LogP contribution in [0.15, 0.2) is 0 Å². The fourth-order valence-corrected chi connectivity index (χ4v) is 1.37. The number of nitrogens with one attached hydrogen (secondary N) is 1. The molecule has 20 heavy (non-hydrogen) atoms. The van der Waals surface area contributed by atoms with Crippen molar-refractivity contribution in [2.75, 3.05) is 37.4 Å². The molecular formula is C13H25N5O2. The van der Waals surface area contributed by atoms with Gasteiger partial charge in [-0.25, -0.2) is 0 Å². The van der Waals surface area contributed by atoms with Crippen molar-refractivity contribution in [2.45, 2.75) is 33.6 Å². The standard InChI is InChI=1S/C13H25N5O2/c1-4-7-20-13-17-11(14)16-12(18-13)15-6-9-19-8-5-10(2)3/h10H,4-9H2,1-3H3,(H3,14,15,16,17,18). The van der Waals surface area contributed by atoms with Gasteiger partial charge in [0.1, 0.15) is 0 Å². The lowest BCUT2D eigenvalue weighted by atomic mass is 10.1. The lowest BCUT2D eigenvalue weighted by Gasteiger charge is -2.09. The molecule has 0 unspecified atom stereocenters. The first kappa shape index (κ1) is 16.4. The van der Waals surface area contributed by atoms with Crippen molar-refractivity contribution >= 4 is 11.9 Å². The number of nitrogens with zero attached hydrogens (tertiary/aromatic N) is 3. The van der Waals surface area contributed by atoms with Gasteiger partial charge in [-0.05, 0) is 18.8 Å². The Labute approximate surface area is 120 Å². The van der Waals surface area contributed by atoms with Crippen LogP contribution in [0.5, 0.6) is 6.01 Å². The second-order valence-electron chi connectivity index (χ2n) is 4.87. The number of nitrogen functional groups attached to an aromatic ring is 1. The first-order valence-electron chi connectivity index (χ1n) is 7.07. The van der Waals surface area contributed by atoms with Gasteiger partial charge in [-0.15, -0.1) is 0 Å². The van der Waals surface area contributed by atoms with Crippen molar-refractivity contribution < 1.29 is 9.47 Å². The number of aromatic nitrogens is 3. The molecule has 114 valence electrons. The van der Waals surface area contributed by atoms with Crippen molar-refractivity contribution in [1.29, 1.82) is 0 Å². The van der Waals surface area contributed by atoms with Crippen LogP contribution in [0.4, 0.5) is 11.9 Å². The molecule has 1 heterocycles. The van der Waals surface area contributed by atoms with Gasteiger partial charge in [0.15, 0.2) is 0 Å². The molecule has 0 aliphatic carbocycles. The lowest BCUT2D eigenvalue weighted by Crippen LogP contribution is -2.14. The van der Waals surface area contributed by atoms with Gasteiger partial charge >= 0.3 is 6.01 Å². The molecule has 1 aromatic heterocycles. The molecular weight excluding hydrogens is 258 g/mol. The van der Waals surface area contributed by atoms with Crippen LogP contribution < -0.4 is 15.8 Å². The van der Waals surface area contributed by atoms with Gasteiger partial charge in [0.2, 0.25) is 11.9 Å². The van der Waals surface area contributed by atoms with Crippen LogP contribution in [0, 0.1) is 5.92 Å². The summed E-state index contributed by atoms with van der Waals surface area (Å²) in [6.07, 6.45) is 1.95. The predicted molar refractivity (Wildman–Crippen MR) is 78.8 cm³/mol. The maximum atomic E-state index is 5.60. The first-order chi connectivity index (χ1) is 9.61. The molecule has 0 aliphatic heterocycles. The van der Waals surface area contributed by atoms with Crippen LogP contribution in [0.25, 0.3) is 0 Å². The third-order valence-corrected chi connectivity index (χ3v) is 2.44. The minimum absolute atomic E-state index is 0.148. The van der Waals surface area contributed by atoms with Crippen LogP contribution >= 0.6 is 0 Å². The number of hydrogen-bond acceptors (Lipinski definition) is 7. The average Bonchev–Trinajstić information content (AvgIpc) is 2.39. The van der Waals surface area contributed by atoms with Crippen molar-refractivity contribution in [3.63, 3.8) is 0 Å². The summed E-state index contributed by atoms with van der Waals surface area (Å²) in [6.45, 7) is 8.90. The zero-order valence-corrected chi connectivity index (χ0v) is 12.6. The fraction of sp³-hybridized carbons (Fsp3) is 0.769. The van der Waals surface area contributed by atoms with Crippen LogP contribution in [0.1, 0.15) is 33.6 Å². The Morgan fingerprint density at radius 2 is 1.95 bits per heavy atom. The Kier molecular flexibility index (Phi) is 7.64. The van der Waals surface area contributed by atoms with Gasteiger partial charge < -0.3 is 20.5 Å². The predicted octanol–water partition coefficient (Wildman–Crippen LogP) is 1.72. The van der Waals surface area contributed by atoms with E-state index in [1.165, 1.54) is 0 Å². The summed E-state index contributed by atoms with van der Waals surface area (Å²) >= 11 is 0. The molecule has 0 spiro atoms. The van der Waals surface area contributed by atoms with Crippen molar-refractivity contribution in [3.05, 3.63) is 0 Å². The van der Waals surface area contributed by atoms with E-state index in [0.717, 1.165) is 19.4 Å². The van der Waals surface area contributed by atoms with Crippen LogP contribution in [0.3, 0.4) is 0 Å². The highest BCUT2D eigenvalue weighted by Gasteiger charge is 2.04. The van der Waals surface area contributed by atoms with Gasteiger partial charge in [0.25, 0.3) is 0 Å². The molecule has 0 amide bonds. The molecule has 0 aromatic carbocycles. The first-order valence-corrected chi connectivity index (χ1v) is 7.07. The number of ether oxygens (including phenoxy) is 2. The van der Waals surface area contributed by atoms with Crippen molar-refractivity contribution in [2.24, 2.45) is 5.92 Å². The molecule has 7 heteroatoms. The van der Waals surface area contributed by atoms with Crippen molar-refractivity contribution in [1.82, 2.24) is 15.0 Å². The SMILES string of the molecule is CCCOc1nc(N)nc(NCCOCCC(C)C)n1. The van der Waals surface area contributed by atoms with E-state index in [1.54, 1.807) is 0 Å². The van der Waals surface area contributed by atoms with E-state index in [9.17, 15) is 0 Å². The third kappa shape index (κ3) is 7.08. The number of hydrogen-bond donors (Lipinski definition) is 2. The Hall–Kier alpha value is -1.63. The Morgan fingerprint density at radius 1 is 1.15 bits per heavy atom. The normalized spacial score (nSPS) is 10.8. The molecule has 0 saturated heterocycles. The van der Waals surface area contributed by atoms with Gasteiger partial charge in [0, 0.05) is 13.2 Å². The molecule has 0 fully saturated rings. The summed E-state index contributed by atoms with van der Waals surface area (Å²) in [7, 11) is 0. The van der Waals surface area contributed by atoms with E-state index >= 15 is 0 Å². The molecule has 0 saturated carbocycles. The molecule has 0 bridgehead atoms. The minimum atomic E-state index is 0.148. The summed E-state index contributed by atoms with van der Waals surface area (Å²) < 4.78 is 10.8. The van der Waals surface area contributed by atoms with Crippen LogP contribution in [0.2, 0.25) is 0 Å². The maximum absolute atomic E-state index is 5.60. The highest BCUT2D eigenvalue weighted by molar-refractivity contribution is 5.32. The molecule has 0 radical (unpaired) electrons. The number of nitrogens with two attached hydrogens (primary N) is 1. The van der Waals surface area contributed by atoms with Gasteiger partial charge in [-0.2, -0.15) is 15.0 Å². The molecule has 1 aromatic rings. The summed E-state index contributed by atoms with van der Waals surface area (Å²) in [5.74, 6) is 1.22. The summed E-state index contributed by atoms with van der Waals surface area (Å²) in [5, 5.41) is 3.04. The average molecular weight is 283 g/mol. The molecule has 7 nitrogen and oxygen atoms in total. The molecule has 0 atom stereocenters. The number of rotatable bonds is 10. The largest absolute Gasteiger partial charge is 0.463 e. The second kappa shape index (κ2) is 9.30. The Bertz CT molecular complexity index is 387. The van der Waals surface area contributed by atoms with Gasteiger partial charge in [-0.1, -0.05) is 20.8 Å². The van der Waals surface area contributed by atoms with E-state index in [1.807, 2.05) is 6.92 Å². The zero-order chi connectivity index (χ0) is 14.8. The second-order valence-corrected chi connectivity index (χ2v) is 4.87. The quantitative estimate of drug-likeness (QED) is 0.631. The minimum Gasteiger partial charge on any atom is -0.463 e. The van der Waals surface area contributed by atoms with Gasteiger partial charge in [0.05, 0.1) is 13.2 Å². The van der Waals surface area contributed by atoms with E-state index in [2.05, 4.69) is 34.1 Å². The van der Waals surface area contributed by atoms with Gasteiger partial charge in [-0.3, -0.25) is 0 Å². The highest BCUT2D eigenvalue weighted by Crippen LogP contribution is 2.08. The molecule has 1 rings (SSSR count). The topological polar surface area (TPSA) is 95.2 Å². The smallest absolute Gasteiger partial charge is 0.323 e. The lowest BCUT2D eigenvalue weighted by molar-refractivity contribution is 0.132. The third-order valence-electron chi connectivity index (χ3n) is 2.44. The number of anilines is 2. The van der Waals surface area contributed by atoms with E-state index in [-0.39, 0.29) is 12.0 Å². The summed E-state index contributed by atoms with van der Waals surface area (Å²) in [4.78, 5) is 12.0. The summed E-state index contributed by atoms with van der Waals surface area (Å²) in [5.41, 5.74) is 5.60. The monoisotopic (exact) mass is 283 g/mol. The van der Waals surface area contributed by atoms with E-state index in [4.69, 9.17) is 15.2 Å². The van der Waals surface area contributed by atoms with Crippen molar-refractivity contribution in [3.8, 4) is 6.01 Å². The molecule has 0 aliphatic rings. The Balaban J connectivity index is 2.30. The fourth-order valence-electron chi connectivity index (χ4n) is 1.37.